The van der Waals surface area contributed by atoms with Crippen LogP contribution in [0.25, 0.3) is 12.2 Å². The first-order valence-electron chi connectivity index (χ1n) is 5.88. The number of aryl methyl sites for hydroxylation is 1. The van der Waals surface area contributed by atoms with E-state index in [9.17, 15) is 0 Å². The lowest BCUT2D eigenvalue weighted by molar-refractivity contribution is -0.253. The summed E-state index contributed by atoms with van der Waals surface area (Å²) in [5, 5.41) is 8.35. The minimum absolute atomic E-state index is 0.224. The third-order valence-electron chi connectivity index (χ3n) is 2.76. The smallest absolute Gasteiger partial charge is 0.107 e. The van der Waals surface area contributed by atoms with Crippen LogP contribution in [0, 0.1) is 6.92 Å². The van der Waals surface area contributed by atoms with E-state index in [1.807, 2.05) is 24.3 Å². The topological polar surface area (TPSA) is 29.5 Å². The molecule has 0 spiro atoms. The fourth-order valence-electron chi connectivity index (χ4n) is 1.67. The molecule has 0 heterocycles. The molecule has 0 saturated carbocycles. The molecule has 2 aromatic rings. The van der Waals surface area contributed by atoms with Crippen LogP contribution in [0.5, 0.6) is 0 Å². The maximum absolute atomic E-state index is 8.35. The first kappa shape index (κ1) is 12.6. The fourth-order valence-corrected chi connectivity index (χ4v) is 1.67. The molecule has 2 rings (SSSR count). The zero-order valence-corrected chi connectivity index (χ0v) is 10.3. The van der Waals surface area contributed by atoms with Crippen LogP contribution in [0.4, 0.5) is 0 Å². The van der Waals surface area contributed by atoms with E-state index < -0.39 is 0 Å². The molecule has 0 unspecified atom stereocenters. The van der Waals surface area contributed by atoms with Crippen molar-refractivity contribution in [3.05, 3.63) is 70.8 Å². The van der Waals surface area contributed by atoms with Crippen LogP contribution in [0.1, 0.15) is 22.3 Å². The molecule has 0 bridgehead atoms. The summed E-state index contributed by atoms with van der Waals surface area (Å²) in [6, 6.07) is 16.3. The third-order valence-corrected chi connectivity index (χ3v) is 2.76. The molecule has 1 N–H and O–H groups in total. The van der Waals surface area contributed by atoms with Crippen molar-refractivity contribution in [2.75, 3.05) is 0 Å². The molecule has 2 nitrogen and oxygen atoms in total. The molecule has 0 fully saturated rings. The van der Waals surface area contributed by atoms with E-state index in [-0.39, 0.29) is 6.61 Å². The second-order valence-corrected chi connectivity index (χ2v) is 4.26. The molecule has 2 heteroatoms. The number of hydrogen-bond donors (Lipinski definition) is 1. The summed E-state index contributed by atoms with van der Waals surface area (Å²) >= 11 is 0. The predicted molar refractivity (Wildman–Crippen MR) is 74.0 cm³/mol. The van der Waals surface area contributed by atoms with Crippen molar-refractivity contribution in [1.29, 1.82) is 0 Å². The van der Waals surface area contributed by atoms with Gasteiger partial charge in [0.1, 0.15) is 6.61 Å². The summed E-state index contributed by atoms with van der Waals surface area (Å²) in [6.45, 7) is 2.30. The first-order chi connectivity index (χ1) is 8.78. The second kappa shape index (κ2) is 6.15. The van der Waals surface area contributed by atoms with Crippen molar-refractivity contribution >= 4 is 12.2 Å². The highest BCUT2D eigenvalue weighted by Gasteiger charge is 1.92. The van der Waals surface area contributed by atoms with Crippen molar-refractivity contribution < 1.29 is 10.1 Å². The Morgan fingerprint density at radius 1 is 0.889 bits per heavy atom. The number of rotatable bonds is 4. The van der Waals surface area contributed by atoms with Gasteiger partial charge in [0.25, 0.3) is 0 Å². The van der Waals surface area contributed by atoms with Gasteiger partial charge in [0, 0.05) is 0 Å². The summed E-state index contributed by atoms with van der Waals surface area (Å²) < 4.78 is 0. The van der Waals surface area contributed by atoms with Crippen LogP contribution < -0.4 is 0 Å². The van der Waals surface area contributed by atoms with E-state index in [1.54, 1.807) is 0 Å². The summed E-state index contributed by atoms with van der Waals surface area (Å²) in [5.41, 5.74) is 4.52. The molecule has 0 aliphatic carbocycles. The standard InChI is InChI=1S/C16H16O2/c1-13-2-4-14(5-3-13)6-7-15-8-10-16(11-9-15)12-18-17/h2-11,17H,12H2,1H3/b7-6+. The maximum Gasteiger partial charge on any atom is 0.107 e. The lowest BCUT2D eigenvalue weighted by atomic mass is 10.1. The Balaban J connectivity index is 2.06. The largest absolute Gasteiger partial charge is 0.251 e. The molecule has 0 aliphatic heterocycles. The van der Waals surface area contributed by atoms with Gasteiger partial charge < -0.3 is 0 Å². The van der Waals surface area contributed by atoms with Crippen LogP contribution >= 0.6 is 0 Å². The van der Waals surface area contributed by atoms with Gasteiger partial charge in [-0.1, -0.05) is 66.2 Å². The monoisotopic (exact) mass is 240 g/mol. The van der Waals surface area contributed by atoms with Gasteiger partial charge in [0.15, 0.2) is 0 Å². The highest BCUT2D eigenvalue weighted by molar-refractivity contribution is 5.69. The summed E-state index contributed by atoms with van der Waals surface area (Å²) in [6.07, 6.45) is 4.14. The molecule has 0 saturated heterocycles. The maximum atomic E-state index is 8.35. The summed E-state index contributed by atoms with van der Waals surface area (Å²) in [4.78, 5) is 4.09. The number of hydrogen-bond acceptors (Lipinski definition) is 2. The average Bonchev–Trinajstić information content (AvgIpc) is 2.40. The molecule has 0 aliphatic rings. The van der Waals surface area contributed by atoms with E-state index in [4.69, 9.17) is 5.26 Å². The van der Waals surface area contributed by atoms with E-state index in [2.05, 4.69) is 48.2 Å². The van der Waals surface area contributed by atoms with Crippen LogP contribution in [0.15, 0.2) is 48.5 Å². The third kappa shape index (κ3) is 3.55. The van der Waals surface area contributed by atoms with Gasteiger partial charge in [0.05, 0.1) is 0 Å². The Kier molecular flexibility index (Phi) is 4.29. The van der Waals surface area contributed by atoms with Crippen LogP contribution in [0.2, 0.25) is 0 Å². The SMILES string of the molecule is Cc1ccc(/C=C/c2ccc(COO)cc2)cc1. The van der Waals surface area contributed by atoms with Gasteiger partial charge in [-0.25, -0.2) is 4.89 Å². The predicted octanol–water partition coefficient (Wildman–Crippen LogP) is 4.16. The first-order valence-corrected chi connectivity index (χ1v) is 5.88. The molecule has 92 valence electrons. The Labute approximate surface area is 107 Å². The zero-order valence-electron chi connectivity index (χ0n) is 10.3. The lowest BCUT2D eigenvalue weighted by Crippen LogP contribution is -1.86. The van der Waals surface area contributed by atoms with Gasteiger partial charge in [-0.2, -0.15) is 0 Å². The highest BCUT2D eigenvalue weighted by atomic mass is 17.1. The molecule has 0 amide bonds. The van der Waals surface area contributed by atoms with Crippen molar-refractivity contribution in [2.24, 2.45) is 0 Å². The number of benzene rings is 2. The van der Waals surface area contributed by atoms with Crippen LogP contribution in [-0.4, -0.2) is 5.26 Å². The van der Waals surface area contributed by atoms with Crippen molar-refractivity contribution in [2.45, 2.75) is 13.5 Å². The van der Waals surface area contributed by atoms with E-state index in [1.165, 1.54) is 11.1 Å². The molecule has 0 aromatic heterocycles. The lowest BCUT2D eigenvalue weighted by Gasteiger charge is -1.99. The Morgan fingerprint density at radius 2 is 1.39 bits per heavy atom. The molecule has 18 heavy (non-hydrogen) atoms. The second-order valence-electron chi connectivity index (χ2n) is 4.26. The normalized spacial score (nSPS) is 11.0. The highest BCUT2D eigenvalue weighted by Crippen LogP contribution is 2.11. The van der Waals surface area contributed by atoms with Crippen molar-refractivity contribution in [3.63, 3.8) is 0 Å². The molecular weight excluding hydrogens is 224 g/mol. The summed E-state index contributed by atoms with van der Waals surface area (Å²) in [5.74, 6) is 0. The van der Waals surface area contributed by atoms with Gasteiger partial charge in [0.2, 0.25) is 0 Å². The van der Waals surface area contributed by atoms with E-state index in [0.717, 1.165) is 11.1 Å². The van der Waals surface area contributed by atoms with Gasteiger partial charge in [-0.05, 0) is 23.6 Å². The summed E-state index contributed by atoms with van der Waals surface area (Å²) in [7, 11) is 0. The quantitative estimate of drug-likeness (QED) is 0.494. The minimum Gasteiger partial charge on any atom is -0.251 e. The Bertz CT molecular complexity index is 510. The van der Waals surface area contributed by atoms with Crippen molar-refractivity contribution in [3.8, 4) is 0 Å². The molecule has 0 radical (unpaired) electrons. The minimum atomic E-state index is 0.224. The van der Waals surface area contributed by atoms with Crippen LogP contribution in [0.3, 0.4) is 0 Å². The van der Waals surface area contributed by atoms with Gasteiger partial charge in [-0.3, -0.25) is 5.26 Å². The molecule has 2 aromatic carbocycles. The molecule has 0 atom stereocenters. The fraction of sp³-hybridized carbons (Fsp3) is 0.125. The van der Waals surface area contributed by atoms with E-state index in [0.29, 0.717) is 0 Å². The van der Waals surface area contributed by atoms with Gasteiger partial charge in [-0.15, -0.1) is 0 Å². The zero-order chi connectivity index (χ0) is 12.8. The van der Waals surface area contributed by atoms with Crippen molar-refractivity contribution in [1.82, 2.24) is 0 Å². The Hall–Kier alpha value is -1.90. The van der Waals surface area contributed by atoms with E-state index >= 15 is 0 Å². The molecular formula is C16H16O2. The Morgan fingerprint density at radius 3 is 1.89 bits per heavy atom. The van der Waals surface area contributed by atoms with Crippen LogP contribution in [-0.2, 0) is 11.5 Å². The average molecular weight is 240 g/mol. The van der Waals surface area contributed by atoms with Gasteiger partial charge >= 0.3 is 0 Å².